The molecule has 0 aliphatic carbocycles. The fraction of sp³-hybridized carbons (Fsp3) is 0.167. The Morgan fingerprint density at radius 1 is 0.976 bits per heavy atom. The SMILES string of the molecule is COc1ccc(NC(=O)CN(Cc2nc(-c3ccccc3)cs2)C(=O)CN2C(=O)C(=O)c3ccccc32)c(OC)c1. The van der Waals surface area contributed by atoms with Crippen LogP contribution in [0.15, 0.2) is 78.2 Å². The van der Waals surface area contributed by atoms with E-state index >= 15 is 0 Å². The maximum atomic E-state index is 13.6. The minimum Gasteiger partial charge on any atom is -0.497 e. The van der Waals surface area contributed by atoms with Crippen LogP contribution in [0.4, 0.5) is 11.4 Å². The van der Waals surface area contributed by atoms with Crippen LogP contribution >= 0.6 is 11.3 Å². The van der Waals surface area contributed by atoms with Gasteiger partial charge >= 0.3 is 0 Å². The van der Waals surface area contributed by atoms with Crippen molar-refractivity contribution in [1.82, 2.24) is 9.88 Å². The summed E-state index contributed by atoms with van der Waals surface area (Å²) in [6.45, 7) is -0.704. The number of fused-ring (bicyclic) bond motifs is 1. The van der Waals surface area contributed by atoms with Crippen molar-refractivity contribution >= 4 is 46.2 Å². The molecule has 1 aliphatic heterocycles. The summed E-state index contributed by atoms with van der Waals surface area (Å²) in [5.74, 6) is -1.51. The standard InChI is InChI=1S/C30H26N4O6S/c1-39-20-12-13-22(25(14-20)40-2)31-26(35)15-33(16-27-32-23(18-41-27)19-8-4-3-5-9-19)28(36)17-34-24-11-7-6-10-21(24)29(37)30(34)38/h3-14,18H,15-17H2,1-2H3,(H,31,35). The fourth-order valence-electron chi connectivity index (χ4n) is 4.43. The molecule has 0 unspecified atom stereocenters. The highest BCUT2D eigenvalue weighted by Gasteiger charge is 2.37. The molecular weight excluding hydrogens is 544 g/mol. The Morgan fingerprint density at radius 3 is 2.49 bits per heavy atom. The van der Waals surface area contributed by atoms with E-state index in [1.54, 1.807) is 42.5 Å². The van der Waals surface area contributed by atoms with Crippen LogP contribution in [-0.2, 0) is 20.9 Å². The van der Waals surface area contributed by atoms with Crippen LogP contribution in [0.2, 0.25) is 0 Å². The molecule has 41 heavy (non-hydrogen) atoms. The number of hydrogen-bond acceptors (Lipinski definition) is 8. The van der Waals surface area contributed by atoms with Gasteiger partial charge in [0.1, 0.15) is 29.6 Å². The van der Waals surface area contributed by atoms with Crippen molar-refractivity contribution in [3.05, 3.63) is 88.7 Å². The summed E-state index contributed by atoms with van der Waals surface area (Å²) in [6, 6.07) is 21.1. The van der Waals surface area contributed by atoms with E-state index in [2.05, 4.69) is 10.3 Å². The van der Waals surface area contributed by atoms with Crippen LogP contribution in [0, 0.1) is 0 Å². The molecule has 0 spiro atoms. The number of benzene rings is 3. The number of thiazole rings is 1. The second-order valence-electron chi connectivity index (χ2n) is 9.09. The number of aromatic nitrogens is 1. The van der Waals surface area contributed by atoms with Crippen molar-refractivity contribution in [3.63, 3.8) is 0 Å². The van der Waals surface area contributed by atoms with Gasteiger partial charge in [0.05, 0.1) is 43.4 Å². The number of nitrogens with zero attached hydrogens (tertiary/aromatic N) is 3. The number of amides is 3. The summed E-state index contributed by atoms with van der Waals surface area (Å²) in [5, 5.41) is 5.27. The fourth-order valence-corrected chi connectivity index (χ4v) is 5.24. The highest BCUT2D eigenvalue weighted by atomic mass is 32.1. The average Bonchev–Trinajstić information content (AvgIpc) is 3.56. The van der Waals surface area contributed by atoms with Crippen molar-refractivity contribution < 1.29 is 28.7 Å². The third kappa shape index (κ3) is 5.94. The zero-order valence-electron chi connectivity index (χ0n) is 22.3. The second-order valence-corrected chi connectivity index (χ2v) is 10.0. The molecule has 10 nitrogen and oxygen atoms in total. The Bertz CT molecular complexity index is 1620. The minimum atomic E-state index is -0.785. The number of carbonyl (C=O) groups is 4. The Kier molecular flexibility index (Phi) is 8.06. The van der Waals surface area contributed by atoms with E-state index in [0.717, 1.165) is 16.2 Å². The summed E-state index contributed by atoms with van der Waals surface area (Å²) in [7, 11) is 2.99. The molecular formula is C30H26N4O6S. The quantitative estimate of drug-likeness (QED) is 0.286. The van der Waals surface area contributed by atoms with Crippen LogP contribution in [0.3, 0.4) is 0 Å². The monoisotopic (exact) mass is 570 g/mol. The van der Waals surface area contributed by atoms with E-state index < -0.39 is 30.0 Å². The minimum absolute atomic E-state index is 0.0289. The second kappa shape index (κ2) is 12.0. The molecule has 0 bridgehead atoms. The molecule has 1 N–H and O–H groups in total. The molecule has 3 aromatic carbocycles. The predicted octanol–water partition coefficient (Wildman–Crippen LogP) is 4.02. The number of Topliss-reactive ketones (excluding diaryl/α,β-unsaturated/α-hetero) is 1. The first-order valence-corrected chi connectivity index (χ1v) is 13.5. The highest BCUT2D eigenvalue weighted by molar-refractivity contribution is 7.09. The molecule has 0 saturated carbocycles. The van der Waals surface area contributed by atoms with Gasteiger partial charge in [-0.3, -0.25) is 24.1 Å². The number of nitrogens with one attached hydrogen (secondary N) is 1. The van der Waals surface area contributed by atoms with Crippen molar-refractivity contribution in [2.24, 2.45) is 0 Å². The van der Waals surface area contributed by atoms with Crippen LogP contribution in [0.5, 0.6) is 11.5 Å². The number of hydrogen-bond donors (Lipinski definition) is 1. The first-order valence-electron chi connectivity index (χ1n) is 12.6. The molecule has 3 amide bonds. The molecule has 2 heterocycles. The van der Waals surface area contributed by atoms with E-state index in [1.165, 1.54) is 30.5 Å². The number of ether oxygens (including phenoxy) is 2. The molecule has 0 radical (unpaired) electrons. The van der Waals surface area contributed by atoms with Gasteiger partial charge in [0.2, 0.25) is 11.8 Å². The summed E-state index contributed by atoms with van der Waals surface area (Å²) in [4.78, 5) is 59.1. The van der Waals surface area contributed by atoms with Crippen LogP contribution in [0.25, 0.3) is 11.3 Å². The molecule has 11 heteroatoms. The van der Waals surface area contributed by atoms with Crippen LogP contribution in [0.1, 0.15) is 15.4 Å². The molecule has 4 aromatic rings. The average molecular weight is 571 g/mol. The Labute approximate surface area is 240 Å². The largest absolute Gasteiger partial charge is 0.497 e. The Hall–Kier alpha value is -5.03. The van der Waals surface area contributed by atoms with E-state index in [1.807, 2.05) is 35.7 Å². The van der Waals surface area contributed by atoms with Gasteiger partial charge in [0.25, 0.3) is 11.7 Å². The van der Waals surface area contributed by atoms with Crippen molar-refractivity contribution in [3.8, 4) is 22.8 Å². The number of para-hydroxylation sites is 1. The number of anilines is 2. The highest BCUT2D eigenvalue weighted by Crippen LogP contribution is 2.30. The molecule has 5 rings (SSSR count). The topological polar surface area (TPSA) is 118 Å². The smallest absolute Gasteiger partial charge is 0.299 e. The molecule has 1 aliphatic rings. The summed E-state index contributed by atoms with van der Waals surface area (Å²) in [6.07, 6.45) is 0. The summed E-state index contributed by atoms with van der Waals surface area (Å²) in [5.41, 5.74) is 2.69. The maximum absolute atomic E-state index is 13.6. The lowest BCUT2D eigenvalue weighted by molar-refractivity contribution is -0.134. The zero-order chi connectivity index (χ0) is 28.9. The third-order valence-electron chi connectivity index (χ3n) is 6.49. The van der Waals surface area contributed by atoms with Gasteiger partial charge in [-0.15, -0.1) is 11.3 Å². The number of rotatable bonds is 10. The first kappa shape index (κ1) is 27.5. The normalized spacial score (nSPS) is 12.2. The van der Waals surface area contributed by atoms with Crippen molar-refractivity contribution in [2.75, 3.05) is 37.5 Å². The van der Waals surface area contributed by atoms with E-state index in [-0.39, 0.29) is 18.7 Å². The number of carbonyl (C=O) groups excluding carboxylic acids is 4. The van der Waals surface area contributed by atoms with Crippen LogP contribution < -0.4 is 19.7 Å². The lowest BCUT2D eigenvalue weighted by atomic mass is 10.1. The van der Waals surface area contributed by atoms with E-state index in [0.29, 0.717) is 27.9 Å². The summed E-state index contributed by atoms with van der Waals surface area (Å²) >= 11 is 1.36. The first-order chi connectivity index (χ1) is 19.9. The lowest BCUT2D eigenvalue weighted by Gasteiger charge is -2.24. The van der Waals surface area contributed by atoms with Gasteiger partial charge in [-0.1, -0.05) is 42.5 Å². The summed E-state index contributed by atoms with van der Waals surface area (Å²) < 4.78 is 10.6. The van der Waals surface area contributed by atoms with Gasteiger partial charge in [0.15, 0.2) is 0 Å². The van der Waals surface area contributed by atoms with Crippen molar-refractivity contribution in [1.29, 1.82) is 0 Å². The van der Waals surface area contributed by atoms with Gasteiger partial charge in [-0.05, 0) is 24.3 Å². The Balaban J connectivity index is 1.38. The van der Waals surface area contributed by atoms with Gasteiger partial charge in [-0.25, -0.2) is 4.98 Å². The van der Waals surface area contributed by atoms with Gasteiger partial charge < -0.3 is 19.7 Å². The zero-order valence-corrected chi connectivity index (χ0v) is 23.1. The van der Waals surface area contributed by atoms with Crippen molar-refractivity contribution in [2.45, 2.75) is 6.54 Å². The molecule has 208 valence electrons. The predicted molar refractivity (Wildman–Crippen MR) is 154 cm³/mol. The number of methoxy groups -OCH3 is 2. The molecule has 0 atom stereocenters. The van der Waals surface area contributed by atoms with E-state index in [4.69, 9.17) is 9.47 Å². The van der Waals surface area contributed by atoms with Gasteiger partial charge in [-0.2, -0.15) is 0 Å². The molecule has 1 aromatic heterocycles. The molecule has 0 saturated heterocycles. The van der Waals surface area contributed by atoms with E-state index in [9.17, 15) is 19.2 Å². The number of ketones is 1. The third-order valence-corrected chi connectivity index (χ3v) is 7.32. The Morgan fingerprint density at radius 2 is 1.73 bits per heavy atom. The van der Waals surface area contributed by atoms with Crippen LogP contribution in [-0.4, -0.2) is 60.7 Å². The molecule has 0 fully saturated rings. The van der Waals surface area contributed by atoms with Gasteiger partial charge in [0, 0.05) is 17.0 Å². The maximum Gasteiger partial charge on any atom is 0.299 e. The lowest BCUT2D eigenvalue weighted by Crippen LogP contribution is -2.45.